The number of benzene rings is 2. The van der Waals surface area contributed by atoms with Crippen LogP contribution in [0.3, 0.4) is 0 Å². The third-order valence-electron chi connectivity index (χ3n) is 6.56. The minimum Gasteiger partial charge on any atom is -0.493 e. The highest BCUT2D eigenvalue weighted by Gasteiger charge is 2.35. The molecule has 0 aliphatic heterocycles. The summed E-state index contributed by atoms with van der Waals surface area (Å²) in [5.41, 5.74) is 2.47. The fourth-order valence-electron chi connectivity index (χ4n) is 4.74. The number of carbonyl (C=O) groups excluding carboxylic acids is 2. The van der Waals surface area contributed by atoms with Gasteiger partial charge in [-0.2, -0.15) is 0 Å². The first-order valence-corrected chi connectivity index (χ1v) is 12.4. The lowest BCUT2D eigenvalue weighted by atomic mass is 9.94. The maximum atomic E-state index is 14.0. The van der Waals surface area contributed by atoms with E-state index >= 15 is 0 Å². The van der Waals surface area contributed by atoms with Crippen LogP contribution in [0.1, 0.15) is 59.8 Å². The Morgan fingerprint density at radius 2 is 1.72 bits per heavy atom. The summed E-state index contributed by atoms with van der Waals surface area (Å²) in [6.07, 6.45) is 6.79. The number of nitrogens with one attached hydrogen (secondary N) is 1. The van der Waals surface area contributed by atoms with E-state index in [0.717, 1.165) is 31.2 Å². The Kier molecular flexibility index (Phi) is 8.21. The van der Waals surface area contributed by atoms with Gasteiger partial charge in [0.15, 0.2) is 11.5 Å². The van der Waals surface area contributed by atoms with Crippen molar-refractivity contribution in [2.24, 2.45) is 0 Å². The average molecular weight is 488 g/mol. The molecule has 1 aliphatic carbocycles. The van der Waals surface area contributed by atoms with Gasteiger partial charge in [-0.05, 0) is 67.3 Å². The molecule has 4 rings (SSSR count). The van der Waals surface area contributed by atoms with Gasteiger partial charge in [0.1, 0.15) is 11.7 Å². The number of ether oxygens (including phenoxy) is 2. The molecule has 7 nitrogen and oxygen atoms in total. The van der Waals surface area contributed by atoms with Crippen LogP contribution in [-0.2, 0) is 4.79 Å². The monoisotopic (exact) mass is 487 g/mol. The van der Waals surface area contributed by atoms with E-state index in [1.54, 1.807) is 56.8 Å². The van der Waals surface area contributed by atoms with Crippen molar-refractivity contribution in [3.05, 3.63) is 83.7 Å². The first-order chi connectivity index (χ1) is 17.5. The Labute approximate surface area is 212 Å². The summed E-state index contributed by atoms with van der Waals surface area (Å²) in [6.45, 7) is 1.96. The maximum Gasteiger partial charge on any atom is 0.277 e. The molecule has 188 valence electrons. The number of aryl methyl sites for hydroxylation is 1. The van der Waals surface area contributed by atoms with E-state index in [0.29, 0.717) is 22.7 Å². The molecule has 36 heavy (non-hydrogen) atoms. The highest BCUT2D eigenvalue weighted by atomic mass is 16.5. The Balaban J connectivity index is 1.85. The lowest BCUT2D eigenvalue weighted by molar-refractivity contribution is -0.123. The number of hydrogen-bond acceptors (Lipinski definition) is 5. The van der Waals surface area contributed by atoms with E-state index in [1.807, 2.05) is 31.2 Å². The quantitative estimate of drug-likeness (QED) is 0.470. The van der Waals surface area contributed by atoms with Gasteiger partial charge < -0.3 is 14.8 Å². The van der Waals surface area contributed by atoms with Gasteiger partial charge in [-0.1, -0.05) is 43.5 Å². The highest BCUT2D eigenvalue weighted by molar-refractivity contribution is 6.09. The lowest BCUT2D eigenvalue weighted by Crippen LogP contribution is -2.47. The van der Waals surface area contributed by atoms with Gasteiger partial charge in [0.2, 0.25) is 5.91 Å². The molecule has 1 aliphatic rings. The Morgan fingerprint density at radius 1 is 0.944 bits per heavy atom. The minimum absolute atomic E-state index is 0.0817. The van der Waals surface area contributed by atoms with Crippen LogP contribution in [0.25, 0.3) is 0 Å². The molecule has 1 saturated carbocycles. The van der Waals surface area contributed by atoms with Gasteiger partial charge >= 0.3 is 0 Å². The van der Waals surface area contributed by atoms with Crippen molar-refractivity contribution >= 4 is 17.5 Å². The van der Waals surface area contributed by atoms with Crippen molar-refractivity contribution < 1.29 is 19.1 Å². The van der Waals surface area contributed by atoms with Crippen molar-refractivity contribution in [3.8, 4) is 11.5 Å². The summed E-state index contributed by atoms with van der Waals surface area (Å²) in [6, 6.07) is 17.2. The summed E-state index contributed by atoms with van der Waals surface area (Å²) in [7, 11) is 3.12. The Bertz CT molecular complexity index is 1190. The fourth-order valence-corrected chi connectivity index (χ4v) is 4.74. The van der Waals surface area contributed by atoms with Crippen molar-refractivity contribution in [1.29, 1.82) is 0 Å². The predicted octanol–water partition coefficient (Wildman–Crippen LogP) is 5.24. The fraction of sp³-hybridized carbons (Fsp3) is 0.345. The van der Waals surface area contributed by atoms with Crippen LogP contribution >= 0.6 is 0 Å². The normalized spacial score (nSPS) is 14.5. The van der Waals surface area contributed by atoms with Crippen LogP contribution in [0.4, 0.5) is 5.69 Å². The molecule has 1 atom stereocenters. The van der Waals surface area contributed by atoms with Gasteiger partial charge in [-0.3, -0.25) is 19.5 Å². The van der Waals surface area contributed by atoms with E-state index < -0.39 is 6.04 Å². The highest BCUT2D eigenvalue weighted by Crippen LogP contribution is 2.35. The summed E-state index contributed by atoms with van der Waals surface area (Å²) in [5, 5.41) is 3.23. The van der Waals surface area contributed by atoms with Crippen molar-refractivity contribution in [2.45, 2.75) is 51.1 Å². The molecule has 0 unspecified atom stereocenters. The smallest absolute Gasteiger partial charge is 0.277 e. The molecule has 0 saturated heterocycles. The third kappa shape index (κ3) is 5.67. The molecule has 7 heteroatoms. The van der Waals surface area contributed by atoms with E-state index in [-0.39, 0.29) is 23.6 Å². The zero-order chi connectivity index (χ0) is 25.5. The Morgan fingerprint density at radius 3 is 2.39 bits per heavy atom. The molecular formula is C29H33N3O4. The summed E-state index contributed by atoms with van der Waals surface area (Å²) >= 11 is 0. The molecule has 3 aromatic rings. The van der Waals surface area contributed by atoms with Crippen LogP contribution in [0.5, 0.6) is 11.5 Å². The van der Waals surface area contributed by atoms with Crippen LogP contribution in [-0.4, -0.2) is 37.1 Å². The number of carbonyl (C=O) groups is 2. The number of methoxy groups -OCH3 is 2. The number of hydrogen-bond donors (Lipinski definition) is 1. The summed E-state index contributed by atoms with van der Waals surface area (Å²) in [4.78, 5) is 33.8. The maximum absolute atomic E-state index is 14.0. The SMILES string of the molecule is COc1ccc([C@@H](C(=O)NC2CCCCC2)N(C(=O)c2ccccn2)c2cccc(C)c2)cc1OC. The molecular weight excluding hydrogens is 454 g/mol. The lowest BCUT2D eigenvalue weighted by Gasteiger charge is -2.33. The number of rotatable bonds is 8. The first kappa shape index (κ1) is 25.2. The second-order valence-corrected chi connectivity index (χ2v) is 9.09. The van der Waals surface area contributed by atoms with Gasteiger partial charge in [-0.15, -0.1) is 0 Å². The number of pyridine rings is 1. The topological polar surface area (TPSA) is 80.8 Å². The molecule has 0 bridgehead atoms. The molecule has 0 radical (unpaired) electrons. The van der Waals surface area contributed by atoms with E-state index in [4.69, 9.17) is 9.47 Å². The van der Waals surface area contributed by atoms with Crippen LogP contribution in [0, 0.1) is 6.92 Å². The summed E-state index contributed by atoms with van der Waals surface area (Å²) in [5.74, 6) is 0.436. The largest absolute Gasteiger partial charge is 0.493 e. The second kappa shape index (κ2) is 11.7. The zero-order valence-corrected chi connectivity index (χ0v) is 21.1. The van der Waals surface area contributed by atoms with Crippen molar-refractivity contribution in [1.82, 2.24) is 10.3 Å². The van der Waals surface area contributed by atoms with Crippen LogP contribution < -0.4 is 19.7 Å². The predicted molar refractivity (Wildman–Crippen MR) is 140 cm³/mol. The number of nitrogens with zero attached hydrogens (tertiary/aromatic N) is 2. The van der Waals surface area contributed by atoms with Crippen molar-refractivity contribution in [3.63, 3.8) is 0 Å². The molecule has 2 amide bonds. The number of amides is 2. The molecule has 1 N–H and O–H groups in total. The molecule has 1 aromatic heterocycles. The summed E-state index contributed by atoms with van der Waals surface area (Å²) < 4.78 is 10.9. The molecule has 1 fully saturated rings. The zero-order valence-electron chi connectivity index (χ0n) is 21.1. The second-order valence-electron chi connectivity index (χ2n) is 9.09. The van der Waals surface area contributed by atoms with E-state index in [1.165, 1.54) is 11.3 Å². The van der Waals surface area contributed by atoms with Crippen LogP contribution in [0.15, 0.2) is 66.9 Å². The molecule has 0 spiro atoms. The standard InChI is InChI=1S/C29H33N3O4/c1-20-10-9-13-23(18-20)32(29(34)24-14-7-8-17-30-24)27(28(33)31-22-11-5-4-6-12-22)21-15-16-25(35-2)26(19-21)36-3/h7-10,13-19,22,27H,4-6,11-12H2,1-3H3,(H,31,33)/t27-/m0/s1. The number of aromatic nitrogens is 1. The van der Waals surface area contributed by atoms with Gasteiger partial charge in [0.05, 0.1) is 14.2 Å². The van der Waals surface area contributed by atoms with Crippen LogP contribution in [0.2, 0.25) is 0 Å². The van der Waals surface area contributed by atoms with E-state index in [9.17, 15) is 9.59 Å². The van der Waals surface area contributed by atoms with Crippen molar-refractivity contribution in [2.75, 3.05) is 19.1 Å². The number of anilines is 1. The average Bonchev–Trinajstić information content (AvgIpc) is 2.92. The first-order valence-electron chi connectivity index (χ1n) is 12.4. The third-order valence-corrected chi connectivity index (χ3v) is 6.56. The van der Waals surface area contributed by atoms with Gasteiger partial charge in [0, 0.05) is 17.9 Å². The minimum atomic E-state index is -0.942. The Hall–Kier alpha value is -3.87. The molecule has 1 heterocycles. The van der Waals surface area contributed by atoms with E-state index in [2.05, 4.69) is 10.3 Å². The van der Waals surface area contributed by atoms with Gasteiger partial charge in [0.25, 0.3) is 5.91 Å². The van der Waals surface area contributed by atoms with Gasteiger partial charge in [-0.25, -0.2) is 0 Å². The molecule has 2 aromatic carbocycles.